The molecule has 8 heavy (non-hydrogen) atoms. The van der Waals surface area contributed by atoms with Gasteiger partial charge in [0.05, 0.1) is 0 Å². The third-order valence-electron chi connectivity index (χ3n) is 0.679. The Hall–Kier alpha value is -0.860. The Kier molecular flexibility index (Phi) is 1.28. The van der Waals surface area contributed by atoms with E-state index in [0.717, 1.165) is 6.08 Å². The van der Waals surface area contributed by atoms with E-state index >= 15 is 0 Å². The summed E-state index contributed by atoms with van der Waals surface area (Å²) in [6.07, 6.45) is 2.84. The maximum Gasteiger partial charge on any atom is 0.273 e. The Labute approximate surface area is 45.3 Å². The van der Waals surface area contributed by atoms with Crippen LogP contribution in [0.15, 0.2) is 17.9 Å². The van der Waals surface area contributed by atoms with Crippen molar-refractivity contribution in [3.05, 3.63) is 24.0 Å². The fourth-order valence-electron chi connectivity index (χ4n) is 0.351. The van der Waals surface area contributed by atoms with E-state index in [4.69, 9.17) is 0 Å². The summed E-state index contributed by atoms with van der Waals surface area (Å²) in [6, 6.07) is -0.786. The summed E-state index contributed by atoms with van der Waals surface area (Å²) in [5.41, 5.74) is 0. The van der Waals surface area contributed by atoms with E-state index in [1.807, 2.05) is 6.08 Å². The molecular formula is C5H3F2O. The molecule has 0 aromatic rings. The van der Waals surface area contributed by atoms with E-state index in [9.17, 15) is 8.78 Å². The molecule has 0 fully saturated rings. The Morgan fingerprint density at radius 2 is 2.38 bits per heavy atom. The van der Waals surface area contributed by atoms with Crippen molar-refractivity contribution in [2.45, 2.75) is 0 Å². The third-order valence-corrected chi connectivity index (χ3v) is 0.679. The first kappa shape index (κ1) is 5.28. The number of hydrogen-bond acceptors (Lipinski definition) is 1. The molecule has 3 heteroatoms. The van der Waals surface area contributed by atoms with Crippen LogP contribution in [0, 0.1) is 6.08 Å². The van der Waals surface area contributed by atoms with Gasteiger partial charge in [0, 0.05) is 12.2 Å². The molecule has 43 valence electrons. The molecule has 0 unspecified atom stereocenters. The minimum atomic E-state index is -0.786. The van der Waals surface area contributed by atoms with Gasteiger partial charge in [-0.3, -0.25) is 0 Å². The summed E-state index contributed by atoms with van der Waals surface area (Å²) >= 11 is 0. The van der Waals surface area contributed by atoms with Gasteiger partial charge in [-0.2, -0.15) is 4.39 Å². The first-order valence-corrected chi connectivity index (χ1v) is 2.05. The highest BCUT2D eigenvalue weighted by Crippen LogP contribution is 2.09. The van der Waals surface area contributed by atoms with Gasteiger partial charge in [0.2, 0.25) is 0 Å². The molecule has 0 amide bonds. The van der Waals surface area contributed by atoms with Gasteiger partial charge in [-0.15, -0.1) is 0 Å². The van der Waals surface area contributed by atoms with Crippen molar-refractivity contribution in [3.63, 3.8) is 0 Å². The van der Waals surface area contributed by atoms with Crippen LogP contribution in [0.2, 0.25) is 0 Å². The highest BCUT2D eigenvalue weighted by molar-refractivity contribution is 5.05. The second kappa shape index (κ2) is 1.94. The molecule has 1 aliphatic heterocycles. The topological polar surface area (TPSA) is 9.23 Å². The second-order valence-corrected chi connectivity index (χ2v) is 1.29. The predicted molar refractivity (Wildman–Crippen MR) is 23.0 cm³/mol. The maximum atomic E-state index is 11.8. The molecular weight excluding hydrogens is 114 g/mol. The van der Waals surface area contributed by atoms with Crippen LogP contribution in [-0.4, -0.2) is 6.61 Å². The Morgan fingerprint density at radius 1 is 1.62 bits per heavy atom. The van der Waals surface area contributed by atoms with Crippen LogP contribution in [0.5, 0.6) is 0 Å². The van der Waals surface area contributed by atoms with Crippen LogP contribution >= 0.6 is 0 Å². The maximum absolute atomic E-state index is 11.8. The van der Waals surface area contributed by atoms with E-state index in [-0.39, 0.29) is 6.61 Å². The molecule has 1 heterocycles. The number of halogens is 2. The lowest BCUT2D eigenvalue weighted by Gasteiger charge is -2.02. The van der Waals surface area contributed by atoms with Crippen LogP contribution in [0.1, 0.15) is 0 Å². The largest absolute Gasteiger partial charge is 0.463 e. The average molecular weight is 117 g/mol. The van der Waals surface area contributed by atoms with Gasteiger partial charge < -0.3 is 4.74 Å². The van der Waals surface area contributed by atoms with Crippen molar-refractivity contribution in [1.29, 1.82) is 0 Å². The lowest BCUT2D eigenvalue weighted by Crippen LogP contribution is -1.95. The predicted octanol–water partition coefficient (Wildman–Crippen LogP) is 1.48. The van der Waals surface area contributed by atoms with Crippen molar-refractivity contribution in [2.24, 2.45) is 0 Å². The summed E-state index contributed by atoms with van der Waals surface area (Å²) in [5.74, 6) is -0.577. The van der Waals surface area contributed by atoms with E-state index in [2.05, 4.69) is 4.74 Å². The summed E-state index contributed by atoms with van der Waals surface area (Å²) < 4.78 is 27.7. The Balaban J connectivity index is 2.65. The molecule has 0 aromatic heterocycles. The average Bonchev–Trinajstić information content (AvgIpc) is 1.77. The molecule has 0 spiro atoms. The zero-order valence-corrected chi connectivity index (χ0v) is 3.95. The molecule has 1 radical (unpaired) electrons. The van der Waals surface area contributed by atoms with E-state index in [1.165, 1.54) is 0 Å². The first-order valence-electron chi connectivity index (χ1n) is 2.05. The lowest BCUT2D eigenvalue weighted by molar-refractivity contribution is 0.146. The van der Waals surface area contributed by atoms with Crippen molar-refractivity contribution in [1.82, 2.24) is 0 Å². The quantitative estimate of drug-likeness (QED) is 0.467. The van der Waals surface area contributed by atoms with Crippen molar-refractivity contribution < 1.29 is 13.5 Å². The molecule has 0 atom stereocenters. The minimum Gasteiger partial charge on any atom is -0.463 e. The SMILES string of the molecule is FC1=[C]C=C(F)OC1. The van der Waals surface area contributed by atoms with Gasteiger partial charge in [0.15, 0.2) is 0 Å². The second-order valence-electron chi connectivity index (χ2n) is 1.29. The van der Waals surface area contributed by atoms with Gasteiger partial charge in [0.1, 0.15) is 12.4 Å². The van der Waals surface area contributed by atoms with Gasteiger partial charge >= 0.3 is 0 Å². The zero-order valence-electron chi connectivity index (χ0n) is 3.95. The van der Waals surface area contributed by atoms with E-state index < -0.39 is 11.8 Å². The first-order chi connectivity index (χ1) is 3.79. The van der Waals surface area contributed by atoms with Crippen molar-refractivity contribution >= 4 is 0 Å². The molecule has 1 rings (SSSR count). The highest BCUT2D eigenvalue weighted by Gasteiger charge is 2.03. The van der Waals surface area contributed by atoms with Crippen LogP contribution in [0.4, 0.5) is 8.78 Å². The van der Waals surface area contributed by atoms with Crippen LogP contribution in [-0.2, 0) is 4.74 Å². The third kappa shape index (κ3) is 1.05. The van der Waals surface area contributed by atoms with Gasteiger partial charge in [-0.25, -0.2) is 4.39 Å². The monoisotopic (exact) mass is 117 g/mol. The fourth-order valence-corrected chi connectivity index (χ4v) is 0.351. The zero-order chi connectivity index (χ0) is 5.98. The minimum absolute atomic E-state index is 0.331. The summed E-state index contributed by atoms with van der Waals surface area (Å²) in [4.78, 5) is 0. The van der Waals surface area contributed by atoms with Crippen LogP contribution in [0.25, 0.3) is 0 Å². The number of hydrogen-bond donors (Lipinski definition) is 0. The highest BCUT2D eigenvalue weighted by atomic mass is 19.1. The van der Waals surface area contributed by atoms with Crippen molar-refractivity contribution in [2.75, 3.05) is 6.61 Å². The van der Waals surface area contributed by atoms with Gasteiger partial charge in [0.25, 0.3) is 6.01 Å². The number of allylic oxidation sites excluding steroid dienone is 2. The van der Waals surface area contributed by atoms with E-state index in [1.54, 1.807) is 0 Å². The van der Waals surface area contributed by atoms with Gasteiger partial charge in [-0.05, 0) is 0 Å². The molecule has 0 aliphatic carbocycles. The molecule has 0 N–H and O–H groups in total. The molecule has 0 saturated heterocycles. The standard InChI is InChI=1S/C5H3F2O/c6-4-1-2-5(7)8-3-4/h2H,3H2. The van der Waals surface area contributed by atoms with E-state index in [0.29, 0.717) is 0 Å². The fraction of sp³-hybridized carbons (Fsp3) is 0.200. The molecule has 0 saturated carbocycles. The summed E-state index contributed by atoms with van der Waals surface area (Å²) in [7, 11) is 0. The smallest absolute Gasteiger partial charge is 0.273 e. The summed E-state index contributed by atoms with van der Waals surface area (Å²) in [6.45, 7) is -0.331. The van der Waals surface area contributed by atoms with Crippen molar-refractivity contribution in [3.8, 4) is 0 Å². The van der Waals surface area contributed by atoms with Crippen LogP contribution in [0.3, 0.4) is 0 Å². The lowest BCUT2D eigenvalue weighted by atomic mass is 10.4. The molecule has 0 bridgehead atoms. The normalized spacial score (nSPS) is 18.8. The van der Waals surface area contributed by atoms with Gasteiger partial charge in [-0.1, -0.05) is 0 Å². The molecule has 1 aliphatic rings. The molecule has 0 aromatic carbocycles. The number of ether oxygens (including phenoxy) is 1. The van der Waals surface area contributed by atoms with Crippen LogP contribution < -0.4 is 0 Å². The Morgan fingerprint density at radius 3 is 2.75 bits per heavy atom. The Bertz CT molecular complexity index is 131. The number of rotatable bonds is 0. The molecule has 1 nitrogen and oxygen atoms in total. The summed E-state index contributed by atoms with van der Waals surface area (Å²) in [5, 5.41) is 0.